The number of hydrogen-bond donors (Lipinski definition) is 2. The van der Waals surface area contributed by atoms with Gasteiger partial charge >= 0.3 is 0 Å². The molecule has 1 aromatic rings. The van der Waals surface area contributed by atoms with Gasteiger partial charge in [-0.3, -0.25) is 9.59 Å². The molecule has 126 valence electrons. The minimum absolute atomic E-state index is 0.0644. The molecule has 1 aliphatic rings. The molecule has 1 aromatic carbocycles. The number of carbonyl (C=O) groups is 2. The molecule has 2 amide bonds. The van der Waals surface area contributed by atoms with Gasteiger partial charge in [-0.2, -0.15) is 0 Å². The van der Waals surface area contributed by atoms with Gasteiger partial charge in [0.15, 0.2) is 0 Å². The maximum absolute atomic E-state index is 11.8. The smallest absolute Gasteiger partial charge is 0.239 e. The summed E-state index contributed by atoms with van der Waals surface area (Å²) in [5.41, 5.74) is 0. The number of rotatable bonds is 8. The lowest BCUT2D eigenvalue weighted by molar-refractivity contribution is -0.126. The number of ether oxygens (including phenoxy) is 1. The lowest BCUT2D eigenvalue weighted by Gasteiger charge is -2.22. The van der Waals surface area contributed by atoms with Crippen molar-refractivity contribution in [3.05, 3.63) is 30.3 Å². The van der Waals surface area contributed by atoms with Crippen molar-refractivity contribution in [1.29, 1.82) is 0 Å². The summed E-state index contributed by atoms with van der Waals surface area (Å²) in [5, 5.41) is 5.65. The molecule has 0 unspecified atom stereocenters. The van der Waals surface area contributed by atoms with Gasteiger partial charge in [0.25, 0.3) is 0 Å². The van der Waals surface area contributed by atoms with Crippen molar-refractivity contribution >= 4 is 11.8 Å². The molecule has 5 nitrogen and oxygen atoms in total. The molecule has 0 bridgehead atoms. The van der Waals surface area contributed by atoms with Crippen LogP contribution in [-0.2, 0) is 9.59 Å². The van der Waals surface area contributed by atoms with Gasteiger partial charge < -0.3 is 15.4 Å². The minimum atomic E-state index is -0.111. The number of amides is 2. The molecule has 0 spiro atoms. The SMILES string of the molecule is O=C(CCCOc1ccccc1)NCC(=O)NC1CCCCC1. The predicted molar refractivity (Wildman–Crippen MR) is 89.2 cm³/mol. The molecule has 0 heterocycles. The summed E-state index contributed by atoms with van der Waals surface area (Å²) in [7, 11) is 0. The third kappa shape index (κ3) is 7.17. The van der Waals surface area contributed by atoms with Crippen molar-refractivity contribution in [3.8, 4) is 5.75 Å². The topological polar surface area (TPSA) is 67.4 Å². The quantitative estimate of drug-likeness (QED) is 0.723. The molecule has 2 rings (SSSR count). The second kappa shape index (κ2) is 9.87. The summed E-state index contributed by atoms with van der Waals surface area (Å²) in [6.07, 6.45) is 6.72. The van der Waals surface area contributed by atoms with Gasteiger partial charge in [0.1, 0.15) is 5.75 Å². The highest BCUT2D eigenvalue weighted by Crippen LogP contribution is 2.17. The highest BCUT2D eigenvalue weighted by Gasteiger charge is 2.15. The molecule has 0 atom stereocenters. The Kier molecular flexibility index (Phi) is 7.43. The second-order valence-corrected chi connectivity index (χ2v) is 5.94. The number of para-hydroxylation sites is 1. The lowest BCUT2D eigenvalue weighted by atomic mass is 9.95. The summed E-state index contributed by atoms with van der Waals surface area (Å²) in [4.78, 5) is 23.5. The highest BCUT2D eigenvalue weighted by molar-refractivity contribution is 5.84. The van der Waals surface area contributed by atoms with Crippen LogP contribution in [0.2, 0.25) is 0 Å². The van der Waals surface area contributed by atoms with Gasteiger partial charge in [-0.05, 0) is 31.4 Å². The van der Waals surface area contributed by atoms with Crippen molar-refractivity contribution in [2.75, 3.05) is 13.2 Å². The van der Waals surface area contributed by atoms with Crippen molar-refractivity contribution in [1.82, 2.24) is 10.6 Å². The highest BCUT2D eigenvalue weighted by atomic mass is 16.5. The second-order valence-electron chi connectivity index (χ2n) is 5.94. The van der Waals surface area contributed by atoms with Gasteiger partial charge in [0.2, 0.25) is 11.8 Å². The van der Waals surface area contributed by atoms with Gasteiger partial charge in [0.05, 0.1) is 13.2 Å². The number of benzene rings is 1. The summed E-state index contributed by atoms with van der Waals surface area (Å²) >= 11 is 0. The van der Waals surface area contributed by atoms with E-state index in [9.17, 15) is 9.59 Å². The van der Waals surface area contributed by atoms with Crippen LogP contribution in [0.15, 0.2) is 30.3 Å². The largest absolute Gasteiger partial charge is 0.494 e. The third-order valence-corrected chi connectivity index (χ3v) is 3.98. The monoisotopic (exact) mass is 318 g/mol. The van der Waals surface area contributed by atoms with E-state index in [1.165, 1.54) is 19.3 Å². The van der Waals surface area contributed by atoms with Crippen LogP contribution in [0.5, 0.6) is 5.75 Å². The van der Waals surface area contributed by atoms with Crippen molar-refractivity contribution in [2.24, 2.45) is 0 Å². The van der Waals surface area contributed by atoms with Crippen LogP contribution >= 0.6 is 0 Å². The average Bonchev–Trinajstić information content (AvgIpc) is 2.59. The van der Waals surface area contributed by atoms with Crippen molar-refractivity contribution in [3.63, 3.8) is 0 Å². The van der Waals surface area contributed by atoms with E-state index in [2.05, 4.69) is 10.6 Å². The zero-order chi connectivity index (χ0) is 16.3. The molecular formula is C18H26N2O3. The normalized spacial score (nSPS) is 15.0. The van der Waals surface area contributed by atoms with Gasteiger partial charge in [-0.15, -0.1) is 0 Å². The zero-order valence-electron chi connectivity index (χ0n) is 13.6. The molecular weight excluding hydrogens is 292 g/mol. The van der Waals surface area contributed by atoms with Crippen LogP contribution < -0.4 is 15.4 Å². The Morgan fingerprint density at radius 1 is 1.04 bits per heavy atom. The minimum Gasteiger partial charge on any atom is -0.494 e. The first-order chi connectivity index (χ1) is 11.2. The molecule has 5 heteroatoms. The molecule has 0 aliphatic heterocycles. The van der Waals surface area contributed by atoms with E-state index in [-0.39, 0.29) is 24.4 Å². The standard InChI is InChI=1S/C18H26N2O3/c21-17(12-7-13-23-16-10-5-2-6-11-16)19-14-18(22)20-15-8-3-1-4-9-15/h2,5-6,10-11,15H,1,3-4,7-9,12-14H2,(H,19,21)(H,20,22). The van der Waals surface area contributed by atoms with E-state index >= 15 is 0 Å². The molecule has 0 aromatic heterocycles. The van der Waals surface area contributed by atoms with E-state index in [0.717, 1.165) is 18.6 Å². The van der Waals surface area contributed by atoms with Crippen molar-refractivity contribution < 1.29 is 14.3 Å². The van der Waals surface area contributed by atoms with E-state index in [0.29, 0.717) is 19.4 Å². The summed E-state index contributed by atoms with van der Waals surface area (Å²) in [6.45, 7) is 0.556. The van der Waals surface area contributed by atoms with Crippen molar-refractivity contribution in [2.45, 2.75) is 51.0 Å². The third-order valence-electron chi connectivity index (χ3n) is 3.98. The molecule has 2 N–H and O–H groups in total. The molecule has 0 radical (unpaired) electrons. The molecule has 0 saturated heterocycles. The number of hydrogen-bond acceptors (Lipinski definition) is 3. The first kappa shape index (κ1) is 17.3. The fourth-order valence-electron chi connectivity index (χ4n) is 2.73. The lowest BCUT2D eigenvalue weighted by Crippen LogP contribution is -2.42. The Hall–Kier alpha value is -2.04. The Morgan fingerprint density at radius 3 is 2.52 bits per heavy atom. The fourth-order valence-corrected chi connectivity index (χ4v) is 2.73. The van der Waals surface area contributed by atoms with Crippen LogP contribution in [0.1, 0.15) is 44.9 Å². The molecule has 1 fully saturated rings. The van der Waals surface area contributed by atoms with Gasteiger partial charge in [0, 0.05) is 12.5 Å². The van der Waals surface area contributed by atoms with Gasteiger partial charge in [-0.1, -0.05) is 37.5 Å². The summed E-state index contributed by atoms with van der Waals surface area (Å²) < 4.78 is 5.52. The van der Waals surface area contributed by atoms with Crippen LogP contribution in [0, 0.1) is 0 Å². The maximum Gasteiger partial charge on any atom is 0.239 e. The van der Waals surface area contributed by atoms with Gasteiger partial charge in [-0.25, -0.2) is 0 Å². The predicted octanol–water partition coefficient (Wildman–Crippen LogP) is 2.41. The van der Waals surface area contributed by atoms with E-state index < -0.39 is 0 Å². The van der Waals surface area contributed by atoms with E-state index in [4.69, 9.17) is 4.74 Å². The Labute approximate surface area is 137 Å². The average molecular weight is 318 g/mol. The number of nitrogens with one attached hydrogen (secondary N) is 2. The summed E-state index contributed by atoms with van der Waals surface area (Å²) in [5.74, 6) is 0.603. The van der Waals surface area contributed by atoms with Crippen LogP contribution in [0.3, 0.4) is 0 Å². The van der Waals surface area contributed by atoms with Crippen LogP contribution in [0.4, 0.5) is 0 Å². The maximum atomic E-state index is 11.8. The molecule has 1 aliphatic carbocycles. The van der Waals surface area contributed by atoms with Crippen LogP contribution in [0.25, 0.3) is 0 Å². The number of carbonyl (C=O) groups excluding carboxylic acids is 2. The first-order valence-corrected chi connectivity index (χ1v) is 8.48. The summed E-state index contributed by atoms with van der Waals surface area (Å²) in [6, 6.07) is 9.80. The Bertz CT molecular complexity index is 484. The fraction of sp³-hybridized carbons (Fsp3) is 0.556. The van der Waals surface area contributed by atoms with E-state index in [1.54, 1.807) is 0 Å². The first-order valence-electron chi connectivity index (χ1n) is 8.48. The Morgan fingerprint density at radius 2 is 1.78 bits per heavy atom. The Balaban J connectivity index is 1.51. The molecule has 1 saturated carbocycles. The zero-order valence-corrected chi connectivity index (χ0v) is 13.6. The van der Waals surface area contributed by atoms with E-state index in [1.807, 2.05) is 30.3 Å². The molecule has 23 heavy (non-hydrogen) atoms. The van der Waals surface area contributed by atoms with Crippen LogP contribution in [-0.4, -0.2) is 31.0 Å².